The number of ether oxygens (including phenoxy) is 3. The monoisotopic (exact) mass is 479 g/mol. The molecular weight excluding hydrogens is 446 g/mol. The molecule has 2 saturated heterocycles. The maximum Gasteiger partial charge on any atom is 0.229 e. The SMILES string of the molecule is CCOc1ccc(-c2ccc3c(N4CCOC[C@@H]4C)nc(N4CCOC[C@@H]4C)nc3n2)cc1CO. The van der Waals surface area contributed by atoms with Crippen molar-refractivity contribution in [3.8, 4) is 17.0 Å². The predicted octanol–water partition coefficient (Wildman–Crippen LogP) is 3.03. The van der Waals surface area contributed by atoms with Gasteiger partial charge in [0.25, 0.3) is 0 Å². The fourth-order valence-corrected chi connectivity index (χ4v) is 4.72. The molecule has 1 N–H and O–H groups in total. The molecule has 1 aromatic carbocycles. The second kappa shape index (κ2) is 10.3. The minimum Gasteiger partial charge on any atom is -0.494 e. The highest BCUT2D eigenvalue weighted by Crippen LogP contribution is 2.32. The zero-order valence-electron chi connectivity index (χ0n) is 20.6. The van der Waals surface area contributed by atoms with Crippen LogP contribution in [0.15, 0.2) is 30.3 Å². The predicted molar refractivity (Wildman–Crippen MR) is 135 cm³/mol. The Kier molecular flexibility index (Phi) is 6.99. The van der Waals surface area contributed by atoms with Crippen molar-refractivity contribution in [1.29, 1.82) is 0 Å². The van der Waals surface area contributed by atoms with Gasteiger partial charge in [-0.1, -0.05) is 0 Å². The molecule has 2 aliphatic rings. The van der Waals surface area contributed by atoms with Gasteiger partial charge in [0.05, 0.1) is 62.8 Å². The van der Waals surface area contributed by atoms with Gasteiger partial charge in [-0.2, -0.15) is 9.97 Å². The van der Waals surface area contributed by atoms with Crippen molar-refractivity contribution in [3.05, 3.63) is 35.9 Å². The van der Waals surface area contributed by atoms with Crippen LogP contribution in [0.4, 0.5) is 11.8 Å². The first-order valence-corrected chi connectivity index (χ1v) is 12.3. The third kappa shape index (κ3) is 4.76. The zero-order chi connectivity index (χ0) is 24.4. The van der Waals surface area contributed by atoms with Gasteiger partial charge < -0.3 is 29.1 Å². The summed E-state index contributed by atoms with van der Waals surface area (Å²) in [6.07, 6.45) is 0. The van der Waals surface area contributed by atoms with Crippen LogP contribution >= 0.6 is 0 Å². The molecule has 5 rings (SSSR count). The van der Waals surface area contributed by atoms with E-state index in [4.69, 9.17) is 29.2 Å². The van der Waals surface area contributed by atoms with Crippen LogP contribution in [0.3, 0.4) is 0 Å². The molecule has 0 spiro atoms. The largest absolute Gasteiger partial charge is 0.494 e. The van der Waals surface area contributed by atoms with Crippen molar-refractivity contribution in [3.63, 3.8) is 0 Å². The lowest BCUT2D eigenvalue weighted by Crippen LogP contribution is -2.46. The van der Waals surface area contributed by atoms with E-state index in [2.05, 4.69) is 29.7 Å². The Hall–Kier alpha value is -3.01. The smallest absolute Gasteiger partial charge is 0.229 e. The first kappa shape index (κ1) is 23.7. The van der Waals surface area contributed by atoms with E-state index >= 15 is 0 Å². The molecule has 3 aromatic rings. The number of aliphatic hydroxyl groups is 1. The Labute approximate surface area is 205 Å². The molecule has 9 nitrogen and oxygen atoms in total. The molecule has 186 valence electrons. The summed E-state index contributed by atoms with van der Waals surface area (Å²) in [6.45, 7) is 10.8. The highest BCUT2D eigenvalue weighted by Gasteiger charge is 2.27. The van der Waals surface area contributed by atoms with Gasteiger partial charge >= 0.3 is 0 Å². The average molecular weight is 480 g/mol. The number of nitrogens with zero attached hydrogens (tertiary/aromatic N) is 5. The number of rotatable bonds is 6. The normalized spacial score (nSPS) is 20.9. The number of morpholine rings is 2. The van der Waals surface area contributed by atoms with Crippen molar-refractivity contribution < 1.29 is 19.3 Å². The van der Waals surface area contributed by atoms with Crippen LogP contribution in [0.5, 0.6) is 5.75 Å². The Bertz CT molecular complexity index is 1190. The minimum atomic E-state index is -0.100. The fraction of sp³-hybridized carbons (Fsp3) is 0.500. The highest BCUT2D eigenvalue weighted by molar-refractivity contribution is 5.90. The number of aliphatic hydroxyl groups excluding tert-OH is 1. The molecule has 2 atom stereocenters. The zero-order valence-corrected chi connectivity index (χ0v) is 20.6. The number of pyridine rings is 1. The average Bonchev–Trinajstić information content (AvgIpc) is 2.89. The maximum absolute atomic E-state index is 9.85. The van der Waals surface area contributed by atoms with E-state index in [-0.39, 0.29) is 18.7 Å². The van der Waals surface area contributed by atoms with Crippen LogP contribution in [-0.2, 0) is 16.1 Å². The topological polar surface area (TPSA) is 93.1 Å². The molecule has 2 aromatic heterocycles. The van der Waals surface area contributed by atoms with Gasteiger partial charge in [0.15, 0.2) is 5.65 Å². The Morgan fingerprint density at radius 1 is 0.971 bits per heavy atom. The van der Waals surface area contributed by atoms with E-state index in [9.17, 15) is 5.11 Å². The molecule has 0 bridgehead atoms. The van der Waals surface area contributed by atoms with E-state index in [0.29, 0.717) is 50.4 Å². The van der Waals surface area contributed by atoms with E-state index in [0.717, 1.165) is 41.1 Å². The molecule has 2 fully saturated rings. The second-order valence-electron chi connectivity index (χ2n) is 9.06. The number of hydrogen-bond acceptors (Lipinski definition) is 9. The number of hydrogen-bond donors (Lipinski definition) is 1. The first-order valence-electron chi connectivity index (χ1n) is 12.3. The molecular formula is C26H33N5O4. The minimum absolute atomic E-state index is 0.100. The van der Waals surface area contributed by atoms with Gasteiger partial charge in [-0.3, -0.25) is 0 Å². The standard InChI is InChI=1S/C26H33N5O4/c1-4-35-23-8-5-19(13-20(23)14-32)22-7-6-21-24(27-22)28-26(31-10-12-34-16-18(31)3)29-25(21)30-9-11-33-15-17(30)2/h5-8,13,17-18,32H,4,9-12,14-16H2,1-3H3/t17-,18-/m0/s1. The van der Waals surface area contributed by atoms with Gasteiger partial charge in [-0.05, 0) is 51.1 Å². The van der Waals surface area contributed by atoms with Gasteiger partial charge in [0, 0.05) is 24.2 Å². The second-order valence-corrected chi connectivity index (χ2v) is 9.06. The lowest BCUT2D eigenvalue weighted by Gasteiger charge is -2.37. The summed E-state index contributed by atoms with van der Waals surface area (Å²) in [6, 6.07) is 10.2. The van der Waals surface area contributed by atoms with Crippen LogP contribution in [-0.4, -0.2) is 78.3 Å². The summed E-state index contributed by atoms with van der Waals surface area (Å²) in [5.41, 5.74) is 3.08. The molecule has 4 heterocycles. The van der Waals surface area contributed by atoms with Crippen molar-refractivity contribution >= 4 is 22.8 Å². The first-order chi connectivity index (χ1) is 17.1. The summed E-state index contributed by atoms with van der Waals surface area (Å²) >= 11 is 0. The molecule has 35 heavy (non-hydrogen) atoms. The lowest BCUT2D eigenvalue weighted by atomic mass is 10.1. The number of benzene rings is 1. The van der Waals surface area contributed by atoms with E-state index in [1.54, 1.807) is 0 Å². The molecule has 0 radical (unpaired) electrons. The van der Waals surface area contributed by atoms with Crippen LogP contribution < -0.4 is 14.5 Å². The Morgan fingerprint density at radius 3 is 2.40 bits per heavy atom. The van der Waals surface area contributed by atoms with E-state index in [1.165, 1.54) is 0 Å². The fourth-order valence-electron chi connectivity index (χ4n) is 4.72. The third-order valence-electron chi connectivity index (χ3n) is 6.62. The molecule has 0 aliphatic carbocycles. The van der Waals surface area contributed by atoms with Crippen LogP contribution in [0.25, 0.3) is 22.3 Å². The van der Waals surface area contributed by atoms with Crippen LogP contribution in [0, 0.1) is 0 Å². The van der Waals surface area contributed by atoms with Crippen molar-refractivity contribution in [2.24, 2.45) is 0 Å². The summed E-state index contributed by atoms with van der Waals surface area (Å²) in [7, 11) is 0. The van der Waals surface area contributed by atoms with Crippen LogP contribution in [0.1, 0.15) is 26.3 Å². The molecule has 0 amide bonds. The molecule has 0 unspecified atom stereocenters. The maximum atomic E-state index is 9.85. The van der Waals surface area contributed by atoms with Gasteiger partial charge in [0.1, 0.15) is 11.6 Å². The van der Waals surface area contributed by atoms with Gasteiger partial charge in [-0.15, -0.1) is 0 Å². The summed E-state index contributed by atoms with van der Waals surface area (Å²) in [4.78, 5) is 19.4. The quantitative estimate of drug-likeness (QED) is 0.573. The Balaban J connectivity index is 1.62. The van der Waals surface area contributed by atoms with Gasteiger partial charge in [-0.25, -0.2) is 4.98 Å². The molecule has 2 aliphatic heterocycles. The summed E-state index contributed by atoms with van der Waals surface area (Å²) in [5, 5.41) is 10.8. The van der Waals surface area contributed by atoms with E-state index in [1.807, 2.05) is 31.2 Å². The number of aromatic nitrogens is 3. The van der Waals surface area contributed by atoms with Crippen LogP contribution in [0.2, 0.25) is 0 Å². The highest BCUT2D eigenvalue weighted by atomic mass is 16.5. The Morgan fingerprint density at radius 2 is 1.71 bits per heavy atom. The molecule has 0 saturated carbocycles. The summed E-state index contributed by atoms with van der Waals surface area (Å²) in [5.74, 6) is 2.25. The number of anilines is 2. The number of fused-ring (bicyclic) bond motifs is 1. The third-order valence-corrected chi connectivity index (χ3v) is 6.62. The van der Waals surface area contributed by atoms with E-state index < -0.39 is 0 Å². The summed E-state index contributed by atoms with van der Waals surface area (Å²) < 4.78 is 17.0. The van der Waals surface area contributed by atoms with Crippen molar-refractivity contribution in [1.82, 2.24) is 15.0 Å². The van der Waals surface area contributed by atoms with Gasteiger partial charge in [0.2, 0.25) is 5.95 Å². The lowest BCUT2D eigenvalue weighted by molar-refractivity contribution is 0.0973. The van der Waals surface area contributed by atoms with Crippen molar-refractivity contribution in [2.75, 3.05) is 55.9 Å². The van der Waals surface area contributed by atoms with Crippen molar-refractivity contribution in [2.45, 2.75) is 39.5 Å². The molecule has 9 heteroatoms.